The lowest BCUT2D eigenvalue weighted by Gasteiger charge is -2.18. The van der Waals surface area contributed by atoms with Gasteiger partial charge in [0.25, 0.3) is 0 Å². The summed E-state index contributed by atoms with van der Waals surface area (Å²) >= 11 is 1.91. The minimum atomic E-state index is 0.181. The van der Waals surface area contributed by atoms with Crippen LogP contribution in [0.15, 0.2) is 24.3 Å². The second-order valence-corrected chi connectivity index (χ2v) is 6.60. The number of hydrogen-bond donors (Lipinski definition) is 2. The van der Waals surface area contributed by atoms with Gasteiger partial charge in [0.05, 0.1) is 12.1 Å². The Balaban J connectivity index is 1.99. The molecule has 0 amide bonds. The first-order valence-corrected chi connectivity index (χ1v) is 7.58. The largest absolute Gasteiger partial charge is 0.490 e. The SMILES string of the molecule is CC(C)SCC(NN)c1cccc(OC2CC2)c1. The van der Waals surface area contributed by atoms with Crippen molar-refractivity contribution < 1.29 is 4.74 Å². The molecule has 1 aromatic carbocycles. The summed E-state index contributed by atoms with van der Waals surface area (Å²) in [6.07, 6.45) is 2.81. The monoisotopic (exact) mass is 266 g/mol. The molecule has 3 N–H and O–H groups in total. The highest BCUT2D eigenvalue weighted by atomic mass is 32.2. The molecule has 0 radical (unpaired) electrons. The summed E-state index contributed by atoms with van der Waals surface area (Å²) in [5.74, 6) is 7.59. The fourth-order valence-corrected chi connectivity index (χ4v) is 2.58. The van der Waals surface area contributed by atoms with E-state index in [0.717, 1.165) is 11.5 Å². The molecule has 18 heavy (non-hydrogen) atoms. The van der Waals surface area contributed by atoms with E-state index in [4.69, 9.17) is 10.6 Å². The Bertz CT molecular complexity index is 380. The van der Waals surface area contributed by atoms with Gasteiger partial charge < -0.3 is 4.74 Å². The van der Waals surface area contributed by atoms with Crippen LogP contribution in [-0.2, 0) is 0 Å². The maximum atomic E-state index is 5.81. The van der Waals surface area contributed by atoms with Crippen molar-refractivity contribution in [2.45, 2.75) is 44.1 Å². The fraction of sp³-hybridized carbons (Fsp3) is 0.571. The van der Waals surface area contributed by atoms with Crippen LogP contribution >= 0.6 is 11.8 Å². The summed E-state index contributed by atoms with van der Waals surface area (Å²) < 4.78 is 5.81. The highest BCUT2D eigenvalue weighted by Crippen LogP contribution is 2.29. The number of hydrazine groups is 1. The van der Waals surface area contributed by atoms with Gasteiger partial charge in [0.1, 0.15) is 5.75 Å². The number of benzene rings is 1. The van der Waals surface area contributed by atoms with Gasteiger partial charge in [0, 0.05) is 5.75 Å². The van der Waals surface area contributed by atoms with Gasteiger partial charge in [-0.1, -0.05) is 26.0 Å². The first-order chi connectivity index (χ1) is 8.69. The van der Waals surface area contributed by atoms with Crippen molar-refractivity contribution in [2.75, 3.05) is 5.75 Å². The Hall–Kier alpha value is -0.710. The first-order valence-electron chi connectivity index (χ1n) is 6.53. The van der Waals surface area contributed by atoms with Gasteiger partial charge in [-0.3, -0.25) is 11.3 Å². The number of hydrogen-bond acceptors (Lipinski definition) is 4. The minimum absolute atomic E-state index is 0.181. The van der Waals surface area contributed by atoms with Crippen LogP contribution < -0.4 is 16.0 Å². The van der Waals surface area contributed by atoms with Crippen LogP contribution in [0.25, 0.3) is 0 Å². The molecule has 1 fully saturated rings. The average molecular weight is 266 g/mol. The van der Waals surface area contributed by atoms with Crippen LogP contribution in [0.3, 0.4) is 0 Å². The van der Waals surface area contributed by atoms with E-state index >= 15 is 0 Å². The van der Waals surface area contributed by atoms with Crippen molar-refractivity contribution in [1.82, 2.24) is 5.43 Å². The van der Waals surface area contributed by atoms with Gasteiger partial charge in [0.15, 0.2) is 0 Å². The zero-order valence-corrected chi connectivity index (χ0v) is 11.9. The first kappa shape index (κ1) is 13.7. The minimum Gasteiger partial charge on any atom is -0.490 e. The van der Waals surface area contributed by atoms with Crippen molar-refractivity contribution in [3.05, 3.63) is 29.8 Å². The Kier molecular flexibility index (Phi) is 4.92. The van der Waals surface area contributed by atoms with Crippen LogP contribution in [0.2, 0.25) is 0 Å². The van der Waals surface area contributed by atoms with E-state index in [1.807, 2.05) is 23.9 Å². The van der Waals surface area contributed by atoms with Crippen molar-refractivity contribution in [3.8, 4) is 5.75 Å². The molecule has 1 aromatic rings. The molecule has 1 unspecified atom stereocenters. The highest BCUT2D eigenvalue weighted by molar-refractivity contribution is 7.99. The normalized spacial score (nSPS) is 16.9. The predicted molar refractivity (Wildman–Crippen MR) is 77.8 cm³/mol. The third kappa shape index (κ3) is 4.19. The highest BCUT2D eigenvalue weighted by Gasteiger charge is 2.23. The van der Waals surface area contributed by atoms with Crippen LogP contribution in [0.1, 0.15) is 38.3 Å². The molecule has 0 bridgehead atoms. The molecule has 1 aliphatic carbocycles. The number of ether oxygens (including phenoxy) is 1. The van der Waals surface area contributed by atoms with E-state index in [1.54, 1.807) is 0 Å². The van der Waals surface area contributed by atoms with E-state index in [-0.39, 0.29) is 6.04 Å². The lowest BCUT2D eigenvalue weighted by atomic mass is 10.1. The molecule has 0 saturated heterocycles. The van der Waals surface area contributed by atoms with Gasteiger partial charge in [-0.25, -0.2) is 0 Å². The standard InChI is InChI=1S/C14H22N2OS/c1-10(2)18-9-14(16-15)11-4-3-5-13(8-11)17-12-6-7-12/h3-5,8,10,12,14,16H,6-7,9,15H2,1-2H3. The van der Waals surface area contributed by atoms with Gasteiger partial charge in [0.2, 0.25) is 0 Å². The summed E-state index contributed by atoms with van der Waals surface area (Å²) in [6.45, 7) is 4.40. The van der Waals surface area contributed by atoms with Gasteiger partial charge in [-0.15, -0.1) is 0 Å². The molecule has 3 nitrogen and oxygen atoms in total. The number of rotatable bonds is 7. The third-order valence-corrected chi connectivity index (χ3v) is 4.08. The van der Waals surface area contributed by atoms with Crippen molar-refractivity contribution in [2.24, 2.45) is 5.84 Å². The average Bonchev–Trinajstić information content (AvgIpc) is 3.14. The smallest absolute Gasteiger partial charge is 0.120 e. The number of nitrogens with two attached hydrogens (primary N) is 1. The second kappa shape index (κ2) is 6.45. The molecular weight excluding hydrogens is 244 g/mol. The molecule has 1 aliphatic rings. The molecular formula is C14H22N2OS. The summed E-state index contributed by atoms with van der Waals surface area (Å²) in [4.78, 5) is 0. The topological polar surface area (TPSA) is 47.3 Å². The third-order valence-electron chi connectivity index (χ3n) is 2.88. The molecule has 0 aromatic heterocycles. The summed E-state index contributed by atoms with van der Waals surface area (Å²) in [5, 5.41) is 0.617. The zero-order chi connectivity index (χ0) is 13.0. The maximum Gasteiger partial charge on any atom is 0.120 e. The summed E-state index contributed by atoms with van der Waals surface area (Å²) in [6, 6.07) is 8.44. The molecule has 4 heteroatoms. The van der Waals surface area contributed by atoms with Gasteiger partial charge in [-0.2, -0.15) is 11.8 Å². The lowest BCUT2D eigenvalue weighted by molar-refractivity contribution is 0.302. The quantitative estimate of drug-likeness (QED) is 0.588. The Morgan fingerprint density at radius 1 is 1.44 bits per heavy atom. The Morgan fingerprint density at radius 2 is 2.22 bits per heavy atom. The van der Waals surface area contributed by atoms with Crippen molar-refractivity contribution in [3.63, 3.8) is 0 Å². The zero-order valence-electron chi connectivity index (χ0n) is 11.1. The van der Waals surface area contributed by atoms with Gasteiger partial charge >= 0.3 is 0 Å². The van der Waals surface area contributed by atoms with E-state index < -0.39 is 0 Å². The molecule has 0 spiro atoms. The van der Waals surface area contributed by atoms with Crippen LogP contribution in [0.5, 0.6) is 5.75 Å². The second-order valence-electron chi connectivity index (χ2n) is 4.99. The van der Waals surface area contributed by atoms with E-state index in [2.05, 4.69) is 31.4 Å². The summed E-state index contributed by atoms with van der Waals surface area (Å²) in [5.41, 5.74) is 4.09. The molecule has 0 aliphatic heterocycles. The van der Waals surface area contributed by atoms with E-state index in [9.17, 15) is 0 Å². The number of thioether (sulfide) groups is 1. The molecule has 0 heterocycles. The van der Waals surface area contributed by atoms with Gasteiger partial charge in [-0.05, 0) is 35.8 Å². The molecule has 100 valence electrons. The molecule has 1 atom stereocenters. The van der Waals surface area contributed by atoms with Crippen LogP contribution in [0.4, 0.5) is 0 Å². The van der Waals surface area contributed by atoms with Crippen molar-refractivity contribution >= 4 is 11.8 Å². The van der Waals surface area contributed by atoms with Crippen LogP contribution in [0, 0.1) is 0 Å². The maximum absolute atomic E-state index is 5.81. The van der Waals surface area contributed by atoms with Crippen molar-refractivity contribution in [1.29, 1.82) is 0 Å². The van der Waals surface area contributed by atoms with E-state index in [0.29, 0.717) is 11.4 Å². The molecule has 2 rings (SSSR count). The predicted octanol–water partition coefficient (Wildman–Crippen LogP) is 2.87. The Morgan fingerprint density at radius 3 is 2.83 bits per heavy atom. The Labute approximate surface area is 113 Å². The number of nitrogens with one attached hydrogen (secondary N) is 1. The lowest BCUT2D eigenvalue weighted by Crippen LogP contribution is -2.30. The fourth-order valence-electron chi connectivity index (χ4n) is 1.71. The summed E-state index contributed by atoms with van der Waals surface area (Å²) in [7, 11) is 0. The molecule has 1 saturated carbocycles. The van der Waals surface area contributed by atoms with E-state index in [1.165, 1.54) is 18.4 Å². The van der Waals surface area contributed by atoms with Crippen LogP contribution in [-0.4, -0.2) is 17.1 Å².